The van der Waals surface area contributed by atoms with Crippen molar-refractivity contribution in [2.24, 2.45) is 0 Å². The van der Waals surface area contributed by atoms with E-state index in [4.69, 9.17) is 8.25 Å². The van der Waals surface area contributed by atoms with Crippen LogP contribution in [0.1, 0.15) is 25.7 Å². The molecule has 2 aliphatic heterocycles. The number of aliphatic hydroxyl groups excluding tert-OH is 1. The van der Waals surface area contributed by atoms with Gasteiger partial charge in [0.1, 0.15) is 0 Å². The molecule has 2 nitrogen and oxygen atoms in total. The zero-order valence-corrected chi connectivity index (χ0v) is 13.8. The van der Waals surface area contributed by atoms with E-state index in [1.807, 2.05) is 0 Å². The first-order valence-corrected chi connectivity index (χ1v) is 11.2. The number of halogens is 1. The molecule has 2 fully saturated rings. The van der Waals surface area contributed by atoms with Gasteiger partial charge in [0.25, 0.3) is 0 Å². The van der Waals surface area contributed by atoms with E-state index in [0.717, 1.165) is 12.8 Å². The van der Waals surface area contributed by atoms with Gasteiger partial charge in [-0.05, 0) is 32.7 Å². The molecule has 0 aromatic rings. The zero-order valence-electron chi connectivity index (χ0n) is 7.54. The number of hydrogen-bond donors (Lipinski definition) is 1. The number of nitrogens with zero attached hydrogens (tertiary/aromatic N) is 1. The second kappa shape index (κ2) is 5.13. The van der Waals surface area contributed by atoms with Crippen LogP contribution in [0.4, 0.5) is 0 Å². The third-order valence-electron chi connectivity index (χ3n) is 3.07. The minimum absolute atomic E-state index is 0.00583. The molecular formula is C8H15ClHgNO. The zero-order chi connectivity index (χ0) is 9.14. The van der Waals surface area contributed by atoms with Crippen LogP contribution < -0.4 is 0 Å². The summed E-state index contributed by atoms with van der Waals surface area (Å²) in [4.78, 5) is 2.44. The first kappa shape index (κ1) is 11.2. The number of hydrogen-bond acceptors (Lipinski definition) is 2. The van der Waals surface area contributed by atoms with Gasteiger partial charge in [0.15, 0.2) is 0 Å². The summed E-state index contributed by atoms with van der Waals surface area (Å²) in [6.07, 6.45) is 4.62. The fraction of sp³-hybridized carbons (Fsp3) is 1.00. The molecule has 67 valence electrons. The maximum atomic E-state index is 9.38. The molecule has 2 aliphatic rings. The second-order valence-corrected chi connectivity index (χ2v) is 3.68. The fourth-order valence-corrected chi connectivity index (χ4v) is 2.38. The van der Waals surface area contributed by atoms with Crippen molar-refractivity contribution in [2.75, 3.05) is 7.05 Å². The van der Waals surface area contributed by atoms with Gasteiger partial charge >= 0.3 is 33.1 Å². The fourth-order valence-electron chi connectivity index (χ4n) is 2.38. The summed E-state index contributed by atoms with van der Waals surface area (Å²) in [5.41, 5.74) is 0. The quantitative estimate of drug-likeness (QED) is 0.644. The molecule has 0 radical (unpaired) electrons. The summed E-state index contributed by atoms with van der Waals surface area (Å²) >= 11 is 0.500. The molecule has 12 heavy (non-hydrogen) atoms. The third-order valence-corrected chi connectivity index (χ3v) is 3.07. The first-order valence-electron chi connectivity index (χ1n) is 4.44. The van der Waals surface area contributed by atoms with E-state index in [0.29, 0.717) is 37.0 Å². The molecular weight excluding hydrogens is 362 g/mol. The molecule has 0 saturated carbocycles. The van der Waals surface area contributed by atoms with E-state index >= 15 is 0 Å². The van der Waals surface area contributed by atoms with Crippen molar-refractivity contribution in [3.8, 4) is 0 Å². The molecule has 0 spiro atoms. The molecule has 2 bridgehead atoms. The van der Waals surface area contributed by atoms with Gasteiger partial charge in [-0.1, -0.05) is 0 Å². The van der Waals surface area contributed by atoms with Gasteiger partial charge in [0.2, 0.25) is 0 Å². The Morgan fingerprint density at radius 2 is 1.67 bits per heavy atom. The van der Waals surface area contributed by atoms with Crippen LogP contribution in [-0.4, -0.2) is 35.2 Å². The summed E-state index contributed by atoms with van der Waals surface area (Å²) in [5, 5.41) is 9.38. The Hall–Kier alpha value is 1.15. The standard InChI is InChI=1S/C8H15NO.ClH.Hg/c1-9-6-2-3-7(9)5-8(10)4-6;;/h6-8,10H,2-5H2,1H3;1H;/q;;+1/p-1. The van der Waals surface area contributed by atoms with Crippen LogP contribution in [0.25, 0.3) is 0 Å². The van der Waals surface area contributed by atoms with Gasteiger partial charge in [-0.25, -0.2) is 0 Å². The molecule has 0 aromatic heterocycles. The van der Waals surface area contributed by atoms with Crippen LogP contribution in [0.3, 0.4) is 0 Å². The Bertz CT molecular complexity index is 133. The number of piperidine rings is 1. The van der Waals surface area contributed by atoms with Gasteiger partial charge in [-0.15, -0.1) is 0 Å². The van der Waals surface area contributed by atoms with Gasteiger partial charge in [0.05, 0.1) is 6.10 Å². The Labute approximate surface area is 93.7 Å². The molecule has 0 amide bonds. The van der Waals surface area contributed by atoms with E-state index in [9.17, 15) is 5.11 Å². The van der Waals surface area contributed by atoms with Crippen LogP contribution >= 0.6 is 8.25 Å². The Balaban J connectivity index is 0.000000336. The summed E-state index contributed by atoms with van der Waals surface area (Å²) in [6.45, 7) is 0. The summed E-state index contributed by atoms with van der Waals surface area (Å²) in [5.74, 6) is 0. The van der Waals surface area contributed by atoms with Crippen LogP contribution in [-0.2, 0) is 24.9 Å². The topological polar surface area (TPSA) is 23.5 Å². The Kier molecular flexibility index (Phi) is 4.80. The summed E-state index contributed by atoms with van der Waals surface area (Å²) in [7, 11) is 7.02. The number of fused-ring (bicyclic) bond motifs is 2. The van der Waals surface area contributed by atoms with Crippen LogP contribution in [0, 0.1) is 0 Å². The molecule has 0 aliphatic carbocycles. The molecule has 2 rings (SSSR count). The van der Waals surface area contributed by atoms with Crippen molar-refractivity contribution < 1.29 is 30.0 Å². The van der Waals surface area contributed by atoms with Gasteiger partial charge in [-0.2, -0.15) is 0 Å². The van der Waals surface area contributed by atoms with E-state index in [1.165, 1.54) is 12.8 Å². The van der Waals surface area contributed by atoms with Crippen LogP contribution in [0.5, 0.6) is 0 Å². The number of rotatable bonds is 0. The third kappa shape index (κ3) is 2.34. The van der Waals surface area contributed by atoms with Crippen molar-refractivity contribution in [1.29, 1.82) is 0 Å². The molecule has 0 aromatic carbocycles. The van der Waals surface area contributed by atoms with E-state index in [1.54, 1.807) is 0 Å². The maximum absolute atomic E-state index is 9.38. The van der Waals surface area contributed by atoms with Gasteiger partial charge in [-0.3, -0.25) is 0 Å². The predicted octanol–water partition coefficient (Wildman–Crippen LogP) is 1.29. The average Bonchev–Trinajstić information content (AvgIpc) is 2.35. The van der Waals surface area contributed by atoms with Crippen LogP contribution in [0.15, 0.2) is 0 Å². The van der Waals surface area contributed by atoms with Crippen molar-refractivity contribution in [3.05, 3.63) is 0 Å². The van der Waals surface area contributed by atoms with Crippen molar-refractivity contribution in [3.63, 3.8) is 0 Å². The SMILES string of the molecule is CN1C2CCC1CC(O)C2.[Cl][Hg]. The van der Waals surface area contributed by atoms with Crippen molar-refractivity contribution >= 4 is 8.25 Å². The Morgan fingerprint density at radius 1 is 1.25 bits per heavy atom. The second-order valence-electron chi connectivity index (χ2n) is 3.68. The molecule has 2 heterocycles. The molecule has 2 atom stereocenters. The minimum atomic E-state index is -0.00583. The predicted molar refractivity (Wildman–Crippen MR) is 45.7 cm³/mol. The first-order chi connectivity index (χ1) is 5.77. The van der Waals surface area contributed by atoms with E-state index in [2.05, 4.69) is 11.9 Å². The van der Waals surface area contributed by atoms with Crippen molar-refractivity contribution in [1.82, 2.24) is 4.90 Å². The van der Waals surface area contributed by atoms with Gasteiger partial charge < -0.3 is 10.0 Å². The normalized spacial score (nSPS) is 40.6. The average molecular weight is 377 g/mol. The van der Waals surface area contributed by atoms with E-state index < -0.39 is 0 Å². The molecule has 2 unspecified atom stereocenters. The Morgan fingerprint density at radius 3 is 2.08 bits per heavy atom. The van der Waals surface area contributed by atoms with Crippen molar-refractivity contribution in [2.45, 2.75) is 43.9 Å². The monoisotopic (exact) mass is 378 g/mol. The van der Waals surface area contributed by atoms with E-state index in [-0.39, 0.29) is 6.10 Å². The number of aliphatic hydroxyl groups is 1. The van der Waals surface area contributed by atoms with Gasteiger partial charge in [0, 0.05) is 12.1 Å². The van der Waals surface area contributed by atoms with Crippen LogP contribution in [0.2, 0.25) is 0 Å². The summed E-state index contributed by atoms with van der Waals surface area (Å²) in [6, 6.07) is 1.38. The molecule has 4 heteroatoms. The summed E-state index contributed by atoms with van der Waals surface area (Å²) < 4.78 is 0. The molecule has 2 saturated heterocycles. The molecule has 1 N–H and O–H groups in total.